The van der Waals surface area contributed by atoms with Crippen LogP contribution in [0.4, 0.5) is 11.4 Å². The molecule has 6 heteroatoms. The summed E-state index contributed by atoms with van der Waals surface area (Å²) < 4.78 is 10.9. The van der Waals surface area contributed by atoms with Crippen LogP contribution in [0.3, 0.4) is 0 Å². The molecule has 0 saturated carbocycles. The first-order chi connectivity index (χ1) is 12.6. The van der Waals surface area contributed by atoms with Crippen molar-refractivity contribution in [2.24, 2.45) is 0 Å². The Morgan fingerprint density at radius 1 is 1.19 bits per heavy atom. The number of carbonyl (C=O) groups is 2. The Balaban J connectivity index is 1.61. The van der Waals surface area contributed by atoms with E-state index in [0.717, 1.165) is 23.1 Å². The van der Waals surface area contributed by atoms with Gasteiger partial charge < -0.3 is 19.4 Å². The number of anilines is 2. The Morgan fingerprint density at radius 2 is 2.04 bits per heavy atom. The molecule has 6 nitrogen and oxygen atoms in total. The van der Waals surface area contributed by atoms with Gasteiger partial charge in [0.25, 0.3) is 5.91 Å². The zero-order chi connectivity index (χ0) is 18.3. The van der Waals surface area contributed by atoms with Crippen molar-refractivity contribution in [3.8, 4) is 5.75 Å². The maximum absolute atomic E-state index is 12.6. The summed E-state index contributed by atoms with van der Waals surface area (Å²) in [7, 11) is 1.56. The first-order valence-corrected chi connectivity index (χ1v) is 8.36. The number of para-hydroxylation sites is 1. The van der Waals surface area contributed by atoms with E-state index in [1.165, 1.54) is 0 Å². The summed E-state index contributed by atoms with van der Waals surface area (Å²) in [6, 6.07) is 12.8. The fraction of sp³-hybridized carbons (Fsp3) is 0.200. The van der Waals surface area contributed by atoms with Crippen molar-refractivity contribution in [2.45, 2.75) is 13.3 Å². The van der Waals surface area contributed by atoms with Gasteiger partial charge in [-0.25, -0.2) is 0 Å². The summed E-state index contributed by atoms with van der Waals surface area (Å²) in [5, 5.41) is 3.63. The minimum absolute atomic E-state index is 0.00314. The second kappa shape index (κ2) is 6.22. The van der Waals surface area contributed by atoms with Crippen LogP contribution >= 0.6 is 0 Å². The highest BCUT2D eigenvalue weighted by atomic mass is 16.5. The standard InChI is InChI=1S/C20H18N2O4/c1-12(23)22-9-8-13-6-7-15(11-16(13)22)21-20(24)18-10-14-4-3-5-17(25-2)19(14)26-18/h3-7,10-11H,8-9H2,1-2H3,(H,21,24). The molecule has 4 rings (SSSR count). The molecule has 0 saturated heterocycles. The van der Waals surface area contributed by atoms with Gasteiger partial charge in [0.15, 0.2) is 17.1 Å². The third kappa shape index (κ3) is 2.69. The van der Waals surface area contributed by atoms with E-state index in [4.69, 9.17) is 9.15 Å². The van der Waals surface area contributed by atoms with Crippen molar-refractivity contribution in [3.05, 3.63) is 53.8 Å². The lowest BCUT2D eigenvalue weighted by molar-refractivity contribution is -0.116. The number of ether oxygens (including phenoxy) is 1. The minimum atomic E-state index is -0.351. The third-order valence-corrected chi connectivity index (χ3v) is 4.57. The molecular weight excluding hydrogens is 332 g/mol. The predicted molar refractivity (Wildman–Crippen MR) is 98.9 cm³/mol. The average molecular weight is 350 g/mol. The van der Waals surface area contributed by atoms with Gasteiger partial charge in [0.2, 0.25) is 5.91 Å². The van der Waals surface area contributed by atoms with Crippen molar-refractivity contribution in [2.75, 3.05) is 23.9 Å². The molecule has 2 amide bonds. The lowest BCUT2D eigenvalue weighted by Crippen LogP contribution is -2.25. The fourth-order valence-corrected chi connectivity index (χ4v) is 3.29. The summed E-state index contributed by atoms with van der Waals surface area (Å²) in [6.07, 6.45) is 0.826. The quantitative estimate of drug-likeness (QED) is 0.783. The van der Waals surface area contributed by atoms with Gasteiger partial charge in [-0.1, -0.05) is 18.2 Å². The number of hydrogen-bond acceptors (Lipinski definition) is 4. The van der Waals surface area contributed by atoms with Crippen LogP contribution < -0.4 is 15.0 Å². The van der Waals surface area contributed by atoms with E-state index >= 15 is 0 Å². The number of carbonyl (C=O) groups excluding carboxylic acids is 2. The zero-order valence-corrected chi connectivity index (χ0v) is 14.5. The smallest absolute Gasteiger partial charge is 0.291 e. The first kappa shape index (κ1) is 16.2. The van der Waals surface area contributed by atoms with Crippen molar-refractivity contribution in [1.82, 2.24) is 0 Å². The Kier molecular flexibility index (Phi) is 3.88. The van der Waals surface area contributed by atoms with E-state index < -0.39 is 0 Å². The molecule has 1 aliphatic heterocycles. The summed E-state index contributed by atoms with van der Waals surface area (Å²) in [6.45, 7) is 2.22. The van der Waals surface area contributed by atoms with Gasteiger partial charge in [0.1, 0.15) is 0 Å². The van der Waals surface area contributed by atoms with Gasteiger partial charge >= 0.3 is 0 Å². The van der Waals surface area contributed by atoms with Crippen LogP contribution in [-0.2, 0) is 11.2 Å². The lowest BCUT2D eigenvalue weighted by atomic mass is 10.1. The number of methoxy groups -OCH3 is 1. The van der Waals surface area contributed by atoms with Gasteiger partial charge in [0, 0.05) is 30.2 Å². The molecule has 0 spiro atoms. The highest BCUT2D eigenvalue weighted by molar-refractivity contribution is 6.05. The molecule has 0 unspecified atom stereocenters. The van der Waals surface area contributed by atoms with Gasteiger partial charge in [-0.05, 0) is 36.2 Å². The van der Waals surface area contributed by atoms with Crippen LogP contribution in [-0.4, -0.2) is 25.5 Å². The number of nitrogens with one attached hydrogen (secondary N) is 1. The van der Waals surface area contributed by atoms with Crippen LogP contribution in [0, 0.1) is 0 Å². The molecule has 132 valence electrons. The Morgan fingerprint density at radius 3 is 2.81 bits per heavy atom. The minimum Gasteiger partial charge on any atom is -0.493 e. The number of rotatable bonds is 3. The molecule has 1 N–H and O–H groups in total. The van der Waals surface area contributed by atoms with E-state index in [1.807, 2.05) is 30.3 Å². The Bertz CT molecular complexity index is 1020. The molecule has 2 aromatic carbocycles. The SMILES string of the molecule is COc1cccc2cc(C(=O)Nc3ccc4c(c3)N(C(C)=O)CC4)oc12. The zero-order valence-electron chi connectivity index (χ0n) is 14.5. The molecule has 26 heavy (non-hydrogen) atoms. The van der Waals surface area contributed by atoms with Crippen molar-refractivity contribution in [3.63, 3.8) is 0 Å². The van der Waals surface area contributed by atoms with E-state index in [-0.39, 0.29) is 17.6 Å². The number of hydrogen-bond donors (Lipinski definition) is 1. The highest BCUT2D eigenvalue weighted by Crippen LogP contribution is 2.32. The summed E-state index contributed by atoms with van der Waals surface area (Å²) in [5.41, 5.74) is 3.11. The molecule has 1 aromatic heterocycles. The number of benzene rings is 2. The normalized spacial score (nSPS) is 12.9. The summed E-state index contributed by atoms with van der Waals surface area (Å²) in [4.78, 5) is 26.0. The third-order valence-electron chi connectivity index (χ3n) is 4.57. The molecule has 0 fully saturated rings. The average Bonchev–Trinajstić information content (AvgIpc) is 3.25. The van der Waals surface area contributed by atoms with Crippen LogP contribution in [0.5, 0.6) is 5.75 Å². The maximum atomic E-state index is 12.6. The molecule has 0 atom stereocenters. The fourth-order valence-electron chi connectivity index (χ4n) is 3.29. The van der Waals surface area contributed by atoms with Crippen molar-refractivity contribution in [1.29, 1.82) is 0 Å². The van der Waals surface area contributed by atoms with Crippen LogP contribution in [0.2, 0.25) is 0 Å². The maximum Gasteiger partial charge on any atom is 0.291 e. The van der Waals surface area contributed by atoms with E-state index in [9.17, 15) is 9.59 Å². The van der Waals surface area contributed by atoms with E-state index in [2.05, 4.69) is 5.32 Å². The number of furan rings is 1. The summed E-state index contributed by atoms with van der Waals surface area (Å²) >= 11 is 0. The molecule has 0 bridgehead atoms. The molecule has 1 aliphatic rings. The molecule has 3 aromatic rings. The molecule has 2 heterocycles. The van der Waals surface area contributed by atoms with Gasteiger partial charge in [-0.2, -0.15) is 0 Å². The number of nitrogens with zero attached hydrogens (tertiary/aromatic N) is 1. The monoisotopic (exact) mass is 350 g/mol. The Hall–Kier alpha value is -3.28. The highest BCUT2D eigenvalue weighted by Gasteiger charge is 2.23. The van der Waals surface area contributed by atoms with Crippen LogP contribution in [0.1, 0.15) is 23.0 Å². The number of amides is 2. The van der Waals surface area contributed by atoms with Crippen LogP contribution in [0.15, 0.2) is 46.9 Å². The van der Waals surface area contributed by atoms with E-state index in [1.54, 1.807) is 31.1 Å². The number of fused-ring (bicyclic) bond motifs is 2. The van der Waals surface area contributed by atoms with Gasteiger partial charge in [0.05, 0.1) is 7.11 Å². The van der Waals surface area contributed by atoms with Gasteiger partial charge in [-0.3, -0.25) is 9.59 Å². The largest absolute Gasteiger partial charge is 0.493 e. The predicted octanol–water partition coefficient (Wildman–Crippen LogP) is 3.60. The van der Waals surface area contributed by atoms with Crippen molar-refractivity contribution >= 4 is 34.2 Å². The second-order valence-corrected chi connectivity index (χ2v) is 6.21. The molecular formula is C20H18N2O4. The van der Waals surface area contributed by atoms with Crippen LogP contribution in [0.25, 0.3) is 11.0 Å². The van der Waals surface area contributed by atoms with E-state index in [0.29, 0.717) is 23.6 Å². The first-order valence-electron chi connectivity index (χ1n) is 8.36. The lowest BCUT2D eigenvalue weighted by Gasteiger charge is -2.15. The molecule has 0 aliphatic carbocycles. The molecule has 0 radical (unpaired) electrons. The Labute approximate surface area is 150 Å². The van der Waals surface area contributed by atoms with Gasteiger partial charge in [-0.15, -0.1) is 0 Å². The second-order valence-electron chi connectivity index (χ2n) is 6.21. The summed E-state index contributed by atoms with van der Waals surface area (Å²) in [5.74, 6) is 0.428. The van der Waals surface area contributed by atoms with Crippen molar-refractivity contribution < 1.29 is 18.7 Å². The topological polar surface area (TPSA) is 71.8 Å².